The van der Waals surface area contributed by atoms with Crippen LogP contribution in [-0.4, -0.2) is 18.0 Å². The second-order valence-electron chi connectivity index (χ2n) is 5.68. The van der Waals surface area contributed by atoms with Gasteiger partial charge in [0.25, 0.3) is 0 Å². The van der Waals surface area contributed by atoms with Crippen LogP contribution in [-0.2, 0) is 16.1 Å². The van der Waals surface area contributed by atoms with Crippen LogP contribution in [0.25, 0.3) is 0 Å². The Labute approximate surface area is 152 Å². The van der Waals surface area contributed by atoms with Crippen molar-refractivity contribution >= 4 is 23.6 Å². The lowest BCUT2D eigenvalue weighted by molar-refractivity contribution is -0.123. The lowest BCUT2D eigenvalue weighted by Gasteiger charge is -2.19. The van der Waals surface area contributed by atoms with E-state index in [0.717, 1.165) is 11.1 Å². The van der Waals surface area contributed by atoms with Crippen LogP contribution in [0.1, 0.15) is 31.0 Å². The Kier molecular flexibility index (Phi) is 6.83. The minimum Gasteiger partial charge on any atom is -0.445 e. The molecule has 0 saturated carbocycles. The van der Waals surface area contributed by atoms with Gasteiger partial charge in [-0.05, 0) is 31.0 Å². The van der Waals surface area contributed by atoms with Crippen molar-refractivity contribution in [1.29, 1.82) is 0 Å². The predicted octanol–water partition coefficient (Wildman–Crippen LogP) is 3.83. The predicted molar refractivity (Wildman–Crippen MR) is 97.2 cm³/mol. The second-order valence-corrected chi connectivity index (χ2v) is 6.09. The fourth-order valence-electron chi connectivity index (χ4n) is 2.25. The molecule has 0 aliphatic carbocycles. The van der Waals surface area contributed by atoms with Gasteiger partial charge in [0, 0.05) is 5.02 Å². The fourth-order valence-corrected chi connectivity index (χ4v) is 2.55. The highest BCUT2D eigenvalue weighted by atomic mass is 35.5. The summed E-state index contributed by atoms with van der Waals surface area (Å²) in [6, 6.07) is 15.6. The van der Waals surface area contributed by atoms with Crippen molar-refractivity contribution < 1.29 is 14.3 Å². The van der Waals surface area contributed by atoms with Gasteiger partial charge in [-0.1, -0.05) is 60.1 Å². The third-order valence-corrected chi connectivity index (χ3v) is 4.02. The van der Waals surface area contributed by atoms with E-state index in [9.17, 15) is 9.59 Å². The van der Waals surface area contributed by atoms with E-state index >= 15 is 0 Å². The average molecular weight is 361 g/mol. The highest BCUT2D eigenvalue weighted by molar-refractivity contribution is 6.31. The van der Waals surface area contributed by atoms with E-state index in [1.165, 1.54) is 0 Å². The second kappa shape index (κ2) is 9.08. The van der Waals surface area contributed by atoms with E-state index in [1.807, 2.05) is 55.5 Å². The van der Waals surface area contributed by atoms with E-state index in [1.54, 1.807) is 13.0 Å². The van der Waals surface area contributed by atoms with Gasteiger partial charge in [-0.15, -0.1) is 0 Å². The molecule has 25 heavy (non-hydrogen) atoms. The molecular formula is C19H21ClN2O3. The van der Waals surface area contributed by atoms with E-state index in [2.05, 4.69) is 10.6 Å². The summed E-state index contributed by atoms with van der Waals surface area (Å²) in [6.45, 7) is 3.58. The molecule has 0 radical (unpaired) electrons. The number of hydrogen-bond acceptors (Lipinski definition) is 3. The molecule has 0 saturated heterocycles. The molecular weight excluding hydrogens is 340 g/mol. The normalized spacial score (nSPS) is 12.8. The van der Waals surface area contributed by atoms with Crippen molar-refractivity contribution in [2.75, 3.05) is 0 Å². The van der Waals surface area contributed by atoms with Crippen molar-refractivity contribution in [1.82, 2.24) is 10.6 Å². The molecule has 2 aromatic carbocycles. The van der Waals surface area contributed by atoms with Crippen molar-refractivity contribution in [2.45, 2.75) is 32.5 Å². The quantitative estimate of drug-likeness (QED) is 0.822. The number of nitrogens with one attached hydrogen (secondary N) is 2. The van der Waals surface area contributed by atoms with Gasteiger partial charge in [0.2, 0.25) is 5.91 Å². The average Bonchev–Trinajstić information content (AvgIpc) is 2.61. The molecule has 2 aromatic rings. The van der Waals surface area contributed by atoms with Crippen LogP contribution in [0.15, 0.2) is 54.6 Å². The first-order chi connectivity index (χ1) is 12.0. The third kappa shape index (κ3) is 5.80. The van der Waals surface area contributed by atoms with Gasteiger partial charge in [-0.2, -0.15) is 0 Å². The maximum absolute atomic E-state index is 12.2. The molecule has 2 unspecified atom stereocenters. The van der Waals surface area contributed by atoms with Crippen LogP contribution >= 0.6 is 11.6 Å². The molecule has 0 aliphatic heterocycles. The zero-order valence-corrected chi connectivity index (χ0v) is 14.9. The smallest absolute Gasteiger partial charge is 0.408 e. The van der Waals surface area contributed by atoms with Crippen molar-refractivity contribution in [2.24, 2.45) is 0 Å². The molecule has 0 heterocycles. The summed E-state index contributed by atoms with van der Waals surface area (Å²) in [4.78, 5) is 24.0. The lowest BCUT2D eigenvalue weighted by atomic mass is 10.1. The van der Waals surface area contributed by atoms with Gasteiger partial charge in [0.15, 0.2) is 0 Å². The van der Waals surface area contributed by atoms with Crippen molar-refractivity contribution in [3.05, 3.63) is 70.7 Å². The number of rotatable bonds is 6. The summed E-state index contributed by atoms with van der Waals surface area (Å²) < 4.78 is 5.11. The first kappa shape index (κ1) is 18.8. The monoisotopic (exact) mass is 360 g/mol. The summed E-state index contributed by atoms with van der Waals surface area (Å²) in [5, 5.41) is 5.92. The number of carbonyl (C=O) groups is 2. The minimum atomic E-state index is -0.729. The largest absolute Gasteiger partial charge is 0.445 e. The summed E-state index contributed by atoms with van der Waals surface area (Å²) in [5.41, 5.74) is 1.69. The van der Waals surface area contributed by atoms with Gasteiger partial charge < -0.3 is 15.4 Å². The Bertz CT molecular complexity index is 722. The number of alkyl carbamates (subject to hydrolysis) is 1. The fraction of sp³-hybridized carbons (Fsp3) is 0.263. The van der Waals surface area contributed by atoms with Crippen LogP contribution in [0, 0.1) is 0 Å². The topological polar surface area (TPSA) is 67.4 Å². The number of ether oxygens (including phenoxy) is 1. The molecule has 0 bridgehead atoms. The Hall–Kier alpha value is -2.53. The standard InChI is InChI=1S/C19H21ClN2O3/c1-13(16-10-6-7-11-17(16)20)21-18(23)14(2)22-19(24)25-12-15-8-4-3-5-9-15/h3-11,13-14H,12H2,1-2H3,(H,21,23)(H,22,24). The molecule has 0 aliphatic rings. The summed E-state index contributed by atoms with van der Waals surface area (Å²) >= 11 is 6.12. The molecule has 5 nitrogen and oxygen atoms in total. The summed E-state index contributed by atoms with van der Waals surface area (Å²) in [5.74, 6) is -0.316. The summed E-state index contributed by atoms with van der Waals surface area (Å²) in [7, 11) is 0. The zero-order chi connectivity index (χ0) is 18.2. The number of benzene rings is 2. The molecule has 0 spiro atoms. The first-order valence-corrected chi connectivity index (χ1v) is 8.37. The molecule has 0 fully saturated rings. The number of halogens is 1. The zero-order valence-electron chi connectivity index (χ0n) is 14.2. The van der Waals surface area contributed by atoms with Gasteiger partial charge in [-0.3, -0.25) is 4.79 Å². The first-order valence-electron chi connectivity index (χ1n) is 7.99. The molecule has 0 aromatic heterocycles. The maximum Gasteiger partial charge on any atom is 0.408 e. The Morgan fingerprint density at radius 2 is 1.64 bits per heavy atom. The Balaban J connectivity index is 1.81. The van der Waals surface area contributed by atoms with Crippen molar-refractivity contribution in [3.8, 4) is 0 Å². The van der Waals surface area contributed by atoms with Crippen LogP contribution in [0.2, 0.25) is 5.02 Å². The van der Waals surface area contributed by atoms with Crippen LogP contribution in [0.4, 0.5) is 4.79 Å². The molecule has 2 rings (SSSR count). The highest BCUT2D eigenvalue weighted by Gasteiger charge is 2.19. The van der Waals surface area contributed by atoms with Gasteiger partial charge in [0.1, 0.15) is 12.6 Å². The van der Waals surface area contributed by atoms with E-state index < -0.39 is 12.1 Å². The van der Waals surface area contributed by atoms with Gasteiger partial charge in [-0.25, -0.2) is 4.79 Å². The maximum atomic E-state index is 12.2. The van der Waals surface area contributed by atoms with Crippen LogP contribution in [0.5, 0.6) is 0 Å². The van der Waals surface area contributed by atoms with Gasteiger partial charge in [0.05, 0.1) is 6.04 Å². The van der Waals surface area contributed by atoms with Crippen LogP contribution in [0.3, 0.4) is 0 Å². The van der Waals surface area contributed by atoms with Gasteiger partial charge >= 0.3 is 6.09 Å². The lowest BCUT2D eigenvalue weighted by Crippen LogP contribution is -2.45. The SMILES string of the molecule is CC(NC(=O)OCc1ccccc1)C(=O)NC(C)c1ccccc1Cl. The third-order valence-electron chi connectivity index (χ3n) is 3.67. The molecule has 6 heteroatoms. The number of carbonyl (C=O) groups excluding carboxylic acids is 2. The molecule has 2 N–H and O–H groups in total. The van der Waals surface area contributed by atoms with E-state index in [0.29, 0.717) is 5.02 Å². The van der Waals surface area contributed by atoms with Crippen molar-refractivity contribution in [3.63, 3.8) is 0 Å². The molecule has 2 atom stereocenters. The van der Waals surface area contributed by atoms with E-state index in [-0.39, 0.29) is 18.6 Å². The molecule has 2 amide bonds. The Morgan fingerprint density at radius 1 is 1.00 bits per heavy atom. The van der Waals surface area contributed by atoms with E-state index in [4.69, 9.17) is 16.3 Å². The molecule has 132 valence electrons. The number of hydrogen-bond donors (Lipinski definition) is 2. The number of amides is 2. The highest BCUT2D eigenvalue weighted by Crippen LogP contribution is 2.22. The van der Waals surface area contributed by atoms with Crippen LogP contribution < -0.4 is 10.6 Å². The Morgan fingerprint density at radius 3 is 2.32 bits per heavy atom. The summed E-state index contributed by atoms with van der Waals surface area (Å²) in [6.07, 6.45) is -0.642. The minimum absolute atomic E-state index is 0.150.